The molecule has 1 N–H and O–H groups in total. The highest BCUT2D eigenvalue weighted by atomic mass is 79.9. The van der Waals surface area contributed by atoms with Crippen LogP contribution in [0.4, 0.5) is 16.4 Å². The normalized spacial score (nSPS) is 13.9. The maximum atomic E-state index is 12.2. The molecule has 0 unspecified atom stereocenters. The fraction of sp³-hybridized carbons (Fsp3) is 0.310. The summed E-state index contributed by atoms with van der Waals surface area (Å²) in [5.74, 6) is 1.23. The minimum absolute atomic E-state index is 0.0121. The summed E-state index contributed by atoms with van der Waals surface area (Å²) in [4.78, 5) is 27.4. The number of carbonyl (C=O) groups is 1. The minimum Gasteiger partial charge on any atom is -0.489 e. The van der Waals surface area contributed by atoms with Crippen LogP contribution >= 0.6 is 15.9 Å². The molecule has 0 atom stereocenters. The van der Waals surface area contributed by atoms with E-state index in [4.69, 9.17) is 14.5 Å². The first-order valence-electron chi connectivity index (χ1n) is 12.9. The van der Waals surface area contributed by atoms with Crippen LogP contribution in [0.1, 0.15) is 32.6 Å². The number of nitrogens with one attached hydrogen (secondary N) is 1. The molecular formula is C29H30BrN5O3. The molecule has 1 amide bonds. The molecule has 8 nitrogen and oxygen atoms in total. The fourth-order valence-electron chi connectivity index (χ4n) is 4.35. The maximum absolute atomic E-state index is 12.2. The molecule has 0 spiro atoms. The highest BCUT2D eigenvalue weighted by molar-refractivity contribution is 9.10. The molecule has 1 aliphatic heterocycles. The molecule has 1 aliphatic rings. The first-order chi connectivity index (χ1) is 18.6. The summed E-state index contributed by atoms with van der Waals surface area (Å²) in [6.45, 7) is 3.79. The number of nitrogens with zero attached hydrogens (tertiary/aromatic N) is 4. The zero-order chi connectivity index (χ0) is 26.3. The lowest BCUT2D eigenvalue weighted by molar-refractivity contribution is 0.0668. The number of hydrogen-bond acceptors (Lipinski definition) is 7. The van der Waals surface area contributed by atoms with Crippen molar-refractivity contribution in [1.29, 1.82) is 0 Å². The lowest BCUT2D eigenvalue weighted by atomic mass is 10.1. The van der Waals surface area contributed by atoms with Crippen molar-refractivity contribution in [2.45, 2.75) is 38.7 Å². The molecule has 2 aromatic heterocycles. The lowest BCUT2D eigenvalue weighted by Crippen LogP contribution is -2.42. The van der Waals surface area contributed by atoms with E-state index in [0.29, 0.717) is 25.6 Å². The summed E-state index contributed by atoms with van der Waals surface area (Å²) in [6, 6.07) is 15.9. The van der Waals surface area contributed by atoms with Gasteiger partial charge in [0.2, 0.25) is 5.95 Å². The Hall–Kier alpha value is -3.72. The molecule has 4 aromatic rings. The Balaban J connectivity index is 1.25. The number of amides is 1. The van der Waals surface area contributed by atoms with Gasteiger partial charge in [0.25, 0.3) is 0 Å². The molecule has 2 aromatic carbocycles. The van der Waals surface area contributed by atoms with Gasteiger partial charge < -0.3 is 19.7 Å². The smallest absolute Gasteiger partial charge is 0.409 e. The number of aromatic nitrogens is 3. The first-order valence-corrected chi connectivity index (χ1v) is 13.7. The van der Waals surface area contributed by atoms with Crippen LogP contribution in [0.3, 0.4) is 0 Å². The zero-order valence-electron chi connectivity index (χ0n) is 21.3. The van der Waals surface area contributed by atoms with Gasteiger partial charge in [-0.05, 0) is 52.2 Å². The molecule has 5 rings (SSSR count). The second-order valence-electron chi connectivity index (χ2n) is 9.25. The van der Waals surface area contributed by atoms with Crippen LogP contribution < -0.4 is 10.1 Å². The third kappa shape index (κ3) is 6.39. The number of pyridine rings is 1. The van der Waals surface area contributed by atoms with E-state index in [9.17, 15) is 4.79 Å². The monoisotopic (exact) mass is 575 g/mol. The van der Waals surface area contributed by atoms with E-state index < -0.39 is 0 Å². The van der Waals surface area contributed by atoms with Gasteiger partial charge in [0.05, 0.1) is 16.6 Å². The molecule has 0 bridgehead atoms. The molecule has 0 aliphatic carbocycles. The second-order valence-corrected chi connectivity index (χ2v) is 10.1. The van der Waals surface area contributed by atoms with E-state index in [1.807, 2.05) is 54.7 Å². The molecule has 1 fully saturated rings. The van der Waals surface area contributed by atoms with Crippen LogP contribution in [0.25, 0.3) is 22.0 Å². The van der Waals surface area contributed by atoms with Crippen molar-refractivity contribution in [3.63, 3.8) is 0 Å². The number of piperidine rings is 1. The van der Waals surface area contributed by atoms with Gasteiger partial charge in [0, 0.05) is 67.2 Å². The number of fused-ring (bicyclic) bond motifs is 1. The largest absolute Gasteiger partial charge is 0.489 e. The third-order valence-electron chi connectivity index (χ3n) is 6.46. The van der Waals surface area contributed by atoms with Crippen molar-refractivity contribution in [3.8, 4) is 16.9 Å². The third-order valence-corrected chi connectivity index (χ3v) is 7.08. The van der Waals surface area contributed by atoms with Crippen molar-refractivity contribution < 1.29 is 14.3 Å². The number of unbranched alkanes of at least 4 members (excludes halogenated alkanes) is 1. The van der Waals surface area contributed by atoms with Crippen LogP contribution in [0, 0.1) is 0 Å². The number of rotatable bonds is 8. The van der Waals surface area contributed by atoms with Gasteiger partial charge in [-0.2, -0.15) is 0 Å². The fourth-order valence-corrected chi connectivity index (χ4v) is 4.81. The Kier molecular flexibility index (Phi) is 8.33. The predicted molar refractivity (Wildman–Crippen MR) is 152 cm³/mol. The number of benzene rings is 2. The molecule has 3 heterocycles. The van der Waals surface area contributed by atoms with E-state index in [2.05, 4.69) is 38.1 Å². The molecule has 9 heteroatoms. The molecule has 0 saturated carbocycles. The van der Waals surface area contributed by atoms with Crippen molar-refractivity contribution in [1.82, 2.24) is 19.9 Å². The second kappa shape index (κ2) is 12.2. The highest BCUT2D eigenvalue weighted by Gasteiger charge is 2.25. The van der Waals surface area contributed by atoms with Crippen LogP contribution in [0.5, 0.6) is 5.75 Å². The van der Waals surface area contributed by atoms with Crippen LogP contribution in [0.15, 0.2) is 71.6 Å². The quantitative estimate of drug-likeness (QED) is 0.227. The number of likely N-dealkylation sites (tertiary alicyclic amines) is 1. The minimum atomic E-state index is -0.230. The molecular weight excluding hydrogens is 546 g/mol. The predicted octanol–water partition coefficient (Wildman–Crippen LogP) is 6.98. The number of carbonyl (C=O) groups excluding carboxylic acids is 1. The van der Waals surface area contributed by atoms with Gasteiger partial charge in [-0.1, -0.05) is 31.5 Å². The average molecular weight is 576 g/mol. The Morgan fingerprint density at radius 1 is 1.11 bits per heavy atom. The zero-order valence-corrected chi connectivity index (χ0v) is 22.9. The van der Waals surface area contributed by atoms with E-state index in [0.717, 1.165) is 63.6 Å². The Bertz CT molecular complexity index is 1390. The van der Waals surface area contributed by atoms with Crippen LogP contribution in [-0.4, -0.2) is 51.7 Å². The summed E-state index contributed by atoms with van der Waals surface area (Å²) in [6.07, 6.45) is 8.57. The van der Waals surface area contributed by atoms with E-state index in [1.165, 1.54) is 0 Å². The molecule has 38 heavy (non-hydrogen) atoms. The van der Waals surface area contributed by atoms with E-state index in [-0.39, 0.29) is 12.2 Å². The molecule has 1 saturated heterocycles. The van der Waals surface area contributed by atoms with Crippen molar-refractivity contribution in [3.05, 3.63) is 71.6 Å². The Morgan fingerprint density at radius 3 is 2.74 bits per heavy atom. The van der Waals surface area contributed by atoms with Gasteiger partial charge in [0.15, 0.2) is 0 Å². The van der Waals surface area contributed by atoms with Crippen molar-refractivity contribution >= 4 is 44.6 Å². The van der Waals surface area contributed by atoms with Crippen LogP contribution in [-0.2, 0) is 4.74 Å². The average Bonchev–Trinajstić information content (AvgIpc) is 2.95. The van der Waals surface area contributed by atoms with Gasteiger partial charge in [-0.25, -0.2) is 14.8 Å². The van der Waals surface area contributed by atoms with E-state index in [1.54, 1.807) is 17.3 Å². The van der Waals surface area contributed by atoms with Crippen LogP contribution in [0.2, 0.25) is 0 Å². The summed E-state index contributed by atoms with van der Waals surface area (Å²) in [5.41, 5.74) is 3.77. The SMILES string of the molecule is CCCCOC(=O)N1CCC(Oc2cc3nc(Nc4cccc(-c5cccnc5)c4)ncc3cc2Br)CC1. The van der Waals surface area contributed by atoms with Gasteiger partial charge >= 0.3 is 6.09 Å². The Labute approximate surface area is 230 Å². The maximum Gasteiger partial charge on any atom is 0.409 e. The van der Waals surface area contributed by atoms with Crippen molar-refractivity contribution in [2.75, 3.05) is 25.0 Å². The van der Waals surface area contributed by atoms with Gasteiger partial charge in [0.1, 0.15) is 11.9 Å². The summed E-state index contributed by atoms with van der Waals surface area (Å²) in [5, 5.41) is 4.22. The molecule has 196 valence electrons. The summed E-state index contributed by atoms with van der Waals surface area (Å²) >= 11 is 3.63. The standard InChI is InChI=1S/C29H30BrN5O3/c1-2-3-14-37-29(36)35-12-9-24(10-13-35)38-27-17-26-22(16-25(27)30)19-32-28(34-26)33-23-8-4-6-20(15-23)21-7-5-11-31-18-21/h4-8,11,15-19,24H,2-3,9-10,12-14H2,1H3,(H,32,33,34). The number of hydrogen-bond donors (Lipinski definition) is 1. The Morgan fingerprint density at radius 2 is 1.95 bits per heavy atom. The number of anilines is 2. The summed E-state index contributed by atoms with van der Waals surface area (Å²) in [7, 11) is 0. The first kappa shape index (κ1) is 25.9. The molecule has 0 radical (unpaired) electrons. The lowest BCUT2D eigenvalue weighted by Gasteiger charge is -2.31. The summed E-state index contributed by atoms with van der Waals surface area (Å²) < 4.78 is 12.5. The van der Waals surface area contributed by atoms with Crippen molar-refractivity contribution in [2.24, 2.45) is 0 Å². The number of ether oxygens (including phenoxy) is 2. The topological polar surface area (TPSA) is 89.5 Å². The van der Waals surface area contributed by atoms with Gasteiger partial charge in [-0.3, -0.25) is 4.98 Å². The highest BCUT2D eigenvalue weighted by Crippen LogP contribution is 2.32. The van der Waals surface area contributed by atoms with E-state index >= 15 is 0 Å². The number of halogens is 1. The van der Waals surface area contributed by atoms with Gasteiger partial charge in [-0.15, -0.1) is 0 Å².